The van der Waals surface area contributed by atoms with Crippen LogP contribution in [-0.2, 0) is 4.79 Å². The molecule has 1 aromatic rings. The second-order valence-corrected chi connectivity index (χ2v) is 8.26. The van der Waals surface area contributed by atoms with Crippen LogP contribution in [0.2, 0.25) is 0 Å². The van der Waals surface area contributed by atoms with Crippen molar-refractivity contribution in [2.75, 3.05) is 13.1 Å². The first-order chi connectivity index (χ1) is 13.1. The number of aliphatic carboxylic acids is 1. The second kappa shape index (κ2) is 7.89. The Morgan fingerprint density at radius 2 is 1.81 bits per heavy atom. The first kappa shape index (κ1) is 18.3. The van der Waals surface area contributed by atoms with Crippen LogP contribution in [0.15, 0.2) is 24.3 Å². The van der Waals surface area contributed by atoms with Gasteiger partial charge in [-0.25, -0.2) is 0 Å². The molecular formula is C21H28N2O4. The molecule has 3 fully saturated rings. The Labute approximate surface area is 159 Å². The van der Waals surface area contributed by atoms with Gasteiger partial charge in [0.15, 0.2) is 0 Å². The van der Waals surface area contributed by atoms with Gasteiger partial charge in [-0.3, -0.25) is 14.5 Å². The number of amides is 1. The summed E-state index contributed by atoms with van der Waals surface area (Å²) in [6.07, 6.45) is 7.88. The van der Waals surface area contributed by atoms with E-state index < -0.39 is 5.97 Å². The smallest absolute Gasteiger partial charge is 0.317 e. The summed E-state index contributed by atoms with van der Waals surface area (Å²) >= 11 is 0. The fourth-order valence-corrected chi connectivity index (χ4v) is 3.79. The van der Waals surface area contributed by atoms with E-state index in [9.17, 15) is 9.59 Å². The molecule has 3 saturated carbocycles. The zero-order valence-electron chi connectivity index (χ0n) is 15.6. The third-order valence-electron chi connectivity index (χ3n) is 5.96. The topological polar surface area (TPSA) is 78.9 Å². The second-order valence-electron chi connectivity index (χ2n) is 8.26. The molecule has 27 heavy (non-hydrogen) atoms. The van der Waals surface area contributed by atoms with Crippen molar-refractivity contribution in [2.24, 2.45) is 5.92 Å². The van der Waals surface area contributed by atoms with Gasteiger partial charge in [0.2, 0.25) is 0 Å². The fourth-order valence-electron chi connectivity index (χ4n) is 3.79. The summed E-state index contributed by atoms with van der Waals surface area (Å²) in [4.78, 5) is 25.6. The third kappa shape index (κ3) is 4.80. The summed E-state index contributed by atoms with van der Waals surface area (Å²) in [6.45, 7) is 0.977. The molecule has 6 nitrogen and oxygen atoms in total. The van der Waals surface area contributed by atoms with Crippen molar-refractivity contribution in [3.8, 4) is 5.75 Å². The molecule has 3 aliphatic carbocycles. The average Bonchev–Trinajstić information content (AvgIpc) is 3.37. The number of hydrogen-bond donors (Lipinski definition) is 2. The van der Waals surface area contributed by atoms with Gasteiger partial charge in [0.1, 0.15) is 5.75 Å². The third-order valence-corrected chi connectivity index (χ3v) is 5.96. The van der Waals surface area contributed by atoms with E-state index in [1.165, 1.54) is 19.3 Å². The lowest BCUT2D eigenvalue weighted by Gasteiger charge is -2.42. The van der Waals surface area contributed by atoms with Crippen molar-refractivity contribution in [1.29, 1.82) is 0 Å². The minimum atomic E-state index is -0.771. The molecule has 2 N–H and O–H groups in total. The van der Waals surface area contributed by atoms with Crippen LogP contribution in [-0.4, -0.2) is 53.2 Å². The van der Waals surface area contributed by atoms with Gasteiger partial charge >= 0.3 is 5.97 Å². The summed E-state index contributed by atoms with van der Waals surface area (Å²) in [6, 6.07) is 7.74. The van der Waals surface area contributed by atoms with Crippen LogP contribution < -0.4 is 10.1 Å². The number of benzene rings is 1. The zero-order chi connectivity index (χ0) is 18.8. The van der Waals surface area contributed by atoms with E-state index in [2.05, 4.69) is 10.2 Å². The highest BCUT2D eigenvalue weighted by atomic mass is 16.5. The highest BCUT2D eigenvalue weighted by molar-refractivity contribution is 5.94. The normalized spacial score (nSPS) is 24.8. The highest BCUT2D eigenvalue weighted by Gasteiger charge is 2.37. The van der Waals surface area contributed by atoms with Crippen LogP contribution in [0, 0.1) is 5.92 Å². The van der Waals surface area contributed by atoms with Gasteiger partial charge in [0, 0.05) is 24.2 Å². The minimum absolute atomic E-state index is 0.0689. The highest BCUT2D eigenvalue weighted by Crippen LogP contribution is 2.34. The lowest BCUT2D eigenvalue weighted by atomic mass is 9.85. The monoisotopic (exact) mass is 372 g/mol. The molecule has 0 spiro atoms. The van der Waals surface area contributed by atoms with Crippen molar-refractivity contribution in [2.45, 2.75) is 63.1 Å². The van der Waals surface area contributed by atoms with Crippen LogP contribution in [0.3, 0.4) is 0 Å². The number of hydrogen-bond acceptors (Lipinski definition) is 4. The lowest BCUT2D eigenvalue weighted by molar-refractivity contribution is -0.139. The van der Waals surface area contributed by atoms with E-state index in [1.54, 1.807) is 0 Å². The molecule has 0 aliphatic heterocycles. The number of rotatable bonds is 9. The van der Waals surface area contributed by atoms with Crippen molar-refractivity contribution in [3.05, 3.63) is 29.8 Å². The van der Waals surface area contributed by atoms with Crippen molar-refractivity contribution >= 4 is 11.9 Å². The van der Waals surface area contributed by atoms with Gasteiger partial charge in [-0.15, -0.1) is 0 Å². The Morgan fingerprint density at radius 1 is 1.11 bits per heavy atom. The Balaban J connectivity index is 1.23. The molecular weight excluding hydrogens is 344 g/mol. The van der Waals surface area contributed by atoms with Crippen LogP contribution in [0.5, 0.6) is 5.75 Å². The molecule has 1 amide bonds. The van der Waals surface area contributed by atoms with Crippen molar-refractivity contribution in [1.82, 2.24) is 10.2 Å². The molecule has 0 unspecified atom stereocenters. The SMILES string of the molecule is O=C(O)CN(CC1CC1)C1CC(NC(=O)c2ccc(OC3CCC3)cc2)C1. The molecule has 0 atom stereocenters. The van der Waals surface area contributed by atoms with E-state index in [1.807, 2.05) is 24.3 Å². The summed E-state index contributed by atoms with van der Waals surface area (Å²) < 4.78 is 5.82. The van der Waals surface area contributed by atoms with Crippen LogP contribution in [0.4, 0.5) is 0 Å². The van der Waals surface area contributed by atoms with Crippen LogP contribution >= 0.6 is 0 Å². The molecule has 0 aromatic heterocycles. The molecule has 0 radical (unpaired) electrons. The van der Waals surface area contributed by atoms with E-state index in [4.69, 9.17) is 9.84 Å². The number of nitrogens with one attached hydrogen (secondary N) is 1. The quantitative estimate of drug-likeness (QED) is 0.697. The molecule has 4 rings (SSSR count). The average molecular weight is 372 g/mol. The molecule has 1 aromatic carbocycles. The number of carboxylic acid groups (broad SMARTS) is 1. The maximum atomic E-state index is 12.4. The molecule has 0 bridgehead atoms. The largest absolute Gasteiger partial charge is 0.490 e. The summed E-state index contributed by atoms with van der Waals surface area (Å²) in [5, 5.41) is 12.2. The molecule has 0 saturated heterocycles. The predicted octanol–water partition coefficient (Wildman–Crippen LogP) is 2.68. The van der Waals surface area contributed by atoms with Gasteiger partial charge in [-0.1, -0.05) is 0 Å². The van der Waals surface area contributed by atoms with Crippen LogP contribution in [0.1, 0.15) is 55.3 Å². The Morgan fingerprint density at radius 3 is 2.37 bits per heavy atom. The lowest BCUT2D eigenvalue weighted by Crippen LogP contribution is -2.55. The standard InChI is InChI=1S/C21H28N2O4/c24-20(25)13-23(12-14-4-5-14)17-10-16(11-17)22-21(26)15-6-8-19(9-7-15)27-18-2-1-3-18/h6-9,14,16-18H,1-5,10-13H2,(H,22,26)(H,24,25). The summed E-state index contributed by atoms with van der Waals surface area (Å²) in [7, 11) is 0. The zero-order valence-corrected chi connectivity index (χ0v) is 15.6. The molecule has 0 heterocycles. The van der Waals surface area contributed by atoms with Gasteiger partial charge in [-0.2, -0.15) is 0 Å². The van der Waals surface area contributed by atoms with Crippen LogP contribution in [0.25, 0.3) is 0 Å². The fraction of sp³-hybridized carbons (Fsp3) is 0.619. The maximum Gasteiger partial charge on any atom is 0.317 e. The Hall–Kier alpha value is -2.08. The summed E-state index contributed by atoms with van der Waals surface area (Å²) in [5.74, 6) is 0.649. The Kier molecular flexibility index (Phi) is 5.34. The number of carbonyl (C=O) groups is 2. The number of carboxylic acids is 1. The maximum absolute atomic E-state index is 12.4. The van der Waals surface area contributed by atoms with E-state index in [0.29, 0.717) is 17.6 Å². The van der Waals surface area contributed by atoms with Gasteiger partial charge < -0.3 is 15.2 Å². The number of carbonyl (C=O) groups excluding carboxylic acids is 1. The van der Waals surface area contributed by atoms with E-state index >= 15 is 0 Å². The van der Waals surface area contributed by atoms with Gasteiger partial charge in [0.25, 0.3) is 5.91 Å². The molecule has 3 aliphatic rings. The minimum Gasteiger partial charge on any atom is -0.490 e. The number of nitrogens with zero attached hydrogens (tertiary/aromatic N) is 1. The summed E-state index contributed by atoms with van der Waals surface area (Å²) in [5.41, 5.74) is 0.639. The first-order valence-electron chi connectivity index (χ1n) is 10.1. The molecule has 146 valence electrons. The van der Waals surface area contributed by atoms with E-state index in [-0.39, 0.29) is 24.5 Å². The van der Waals surface area contributed by atoms with Crippen molar-refractivity contribution < 1.29 is 19.4 Å². The van der Waals surface area contributed by atoms with E-state index in [0.717, 1.165) is 38.0 Å². The number of ether oxygens (including phenoxy) is 1. The van der Waals surface area contributed by atoms with Gasteiger partial charge in [0.05, 0.1) is 12.6 Å². The van der Waals surface area contributed by atoms with Gasteiger partial charge in [-0.05, 0) is 75.1 Å². The Bertz CT molecular complexity index is 676. The molecule has 6 heteroatoms. The predicted molar refractivity (Wildman–Crippen MR) is 101 cm³/mol. The van der Waals surface area contributed by atoms with Crippen molar-refractivity contribution in [3.63, 3.8) is 0 Å². The first-order valence-corrected chi connectivity index (χ1v) is 10.1.